The van der Waals surface area contributed by atoms with Crippen molar-refractivity contribution in [3.63, 3.8) is 0 Å². The molecular weight excluding hydrogens is 332 g/mol. The van der Waals surface area contributed by atoms with Crippen LogP contribution in [-0.4, -0.2) is 30.4 Å². The highest BCUT2D eigenvalue weighted by atomic mass is 16.6. The molecule has 1 heterocycles. The van der Waals surface area contributed by atoms with E-state index < -0.39 is 5.97 Å². The van der Waals surface area contributed by atoms with E-state index in [1.165, 1.54) is 19.2 Å². The molecule has 6 nitrogen and oxygen atoms in total. The highest BCUT2D eigenvalue weighted by molar-refractivity contribution is 5.91. The molecule has 3 rings (SSSR count). The van der Waals surface area contributed by atoms with Crippen LogP contribution in [0.15, 0.2) is 42.5 Å². The minimum absolute atomic E-state index is 0.168. The van der Waals surface area contributed by atoms with Gasteiger partial charge in [-0.05, 0) is 36.2 Å². The maximum Gasteiger partial charge on any atom is 0.343 e. The molecule has 1 fully saturated rings. The first-order valence-corrected chi connectivity index (χ1v) is 8.28. The number of hydrogen-bond donors (Lipinski definition) is 0. The van der Waals surface area contributed by atoms with Crippen LogP contribution in [0.5, 0.6) is 11.5 Å². The van der Waals surface area contributed by atoms with Crippen LogP contribution in [0.25, 0.3) is 0 Å². The molecule has 0 atom stereocenters. The molecule has 0 aliphatic carbocycles. The molecular formula is C20H18N2O4. The third-order valence-electron chi connectivity index (χ3n) is 4.23. The molecule has 0 spiro atoms. The van der Waals surface area contributed by atoms with E-state index >= 15 is 0 Å². The third-order valence-corrected chi connectivity index (χ3v) is 4.23. The van der Waals surface area contributed by atoms with Crippen LogP contribution in [0.3, 0.4) is 0 Å². The summed E-state index contributed by atoms with van der Waals surface area (Å²) in [6.45, 7) is 1.33. The van der Waals surface area contributed by atoms with Gasteiger partial charge in [-0.3, -0.25) is 4.79 Å². The van der Waals surface area contributed by atoms with Crippen LogP contribution in [-0.2, 0) is 11.3 Å². The summed E-state index contributed by atoms with van der Waals surface area (Å²) in [4.78, 5) is 25.8. The zero-order valence-corrected chi connectivity index (χ0v) is 14.4. The Bertz CT molecular complexity index is 868. The van der Waals surface area contributed by atoms with Crippen LogP contribution in [0.4, 0.5) is 0 Å². The minimum atomic E-state index is -0.517. The Morgan fingerprint density at radius 2 is 1.96 bits per heavy atom. The molecule has 0 radical (unpaired) electrons. The molecule has 0 aromatic heterocycles. The van der Waals surface area contributed by atoms with Crippen molar-refractivity contribution in [2.45, 2.75) is 19.4 Å². The number of carbonyl (C=O) groups is 2. The summed E-state index contributed by atoms with van der Waals surface area (Å²) in [6.07, 6.45) is 1.51. The first-order chi connectivity index (χ1) is 12.6. The number of rotatable bonds is 5. The summed E-state index contributed by atoms with van der Waals surface area (Å²) < 4.78 is 10.5. The standard InChI is InChI=1S/C20H18N2O4/c1-25-18-11-15(12-21)6-9-17(18)26-20(24)16-7-4-14(5-8-16)13-22-10-2-3-19(22)23/h4-9,11H,2-3,10,13H2,1H3. The first kappa shape index (κ1) is 17.5. The number of nitriles is 1. The van der Waals surface area contributed by atoms with Gasteiger partial charge in [0, 0.05) is 25.6 Å². The minimum Gasteiger partial charge on any atom is -0.493 e. The lowest BCUT2D eigenvalue weighted by molar-refractivity contribution is -0.128. The van der Waals surface area contributed by atoms with Gasteiger partial charge < -0.3 is 14.4 Å². The maximum atomic E-state index is 12.3. The van der Waals surface area contributed by atoms with E-state index in [2.05, 4.69) is 0 Å². The Labute approximate surface area is 151 Å². The summed E-state index contributed by atoms with van der Waals surface area (Å²) in [6, 6.07) is 13.6. The normalized spacial score (nSPS) is 13.4. The Morgan fingerprint density at radius 1 is 1.19 bits per heavy atom. The van der Waals surface area contributed by atoms with E-state index in [0.717, 1.165) is 18.5 Å². The summed E-state index contributed by atoms with van der Waals surface area (Å²) in [7, 11) is 1.45. The van der Waals surface area contributed by atoms with Crippen LogP contribution in [0.2, 0.25) is 0 Å². The number of hydrogen-bond acceptors (Lipinski definition) is 5. The first-order valence-electron chi connectivity index (χ1n) is 8.28. The predicted molar refractivity (Wildman–Crippen MR) is 93.8 cm³/mol. The van der Waals surface area contributed by atoms with Gasteiger partial charge in [0.1, 0.15) is 0 Å². The molecule has 0 saturated carbocycles. The van der Waals surface area contributed by atoms with E-state index in [9.17, 15) is 9.59 Å². The van der Waals surface area contributed by atoms with Crippen molar-refractivity contribution in [1.29, 1.82) is 5.26 Å². The number of ether oxygens (including phenoxy) is 2. The second-order valence-corrected chi connectivity index (χ2v) is 5.98. The molecule has 1 saturated heterocycles. The number of nitrogens with zero attached hydrogens (tertiary/aromatic N) is 2. The van der Waals surface area contributed by atoms with Crippen molar-refractivity contribution in [3.8, 4) is 17.6 Å². The van der Waals surface area contributed by atoms with Crippen molar-refractivity contribution in [1.82, 2.24) is 4.90 Å². The lowest BCUT2D eigenvalue weighted by atomic mass is 10.1. The molecule has 132 valence electrons. The molecule has 0 N–H and O–H groups in total. The van der Waals surface area contributed by atoms with E-state index in [-0.39, 0.29) is 11.7 Å². The fraction of sp³-hybridized carbons (Fsp3) is 0.250. The summed E-state index contributed by atoms with van der Waals surface area (Å²) in [5.74, 6) is 0.225. The van der Waals surface area contributed by atoms with Crippen molar-refractivity contribution >= 4 is 11.9 Å². The van der Waals surface area contributed by atoms with Crippen LogP contribution in [0.1, 0.15) is 34.3 Å². The molecule has 6 heteroatoms. The van der Waals surface area contributed by atoms with Gasteiger partial charge in [0.15, 0.2) is 11.5 Å². The second-order valence-electron chi connectivity index (χ2n) is 5.98. The van der Waals surface area contributed by atoms with Gasteiger partial charge in [0.05, 0.1) is 24.3 Å². The Hall–Kier alpha value is -3.33. The molecule has 1 amide bonds. The topological polar surface area (TPSA) is 79.6 Å². The molecule has 26 heavy (non-hydrogen) atoms. The highest BCUT2D eigenvalue weighted by Crippen LogP contribution is 2.28. The molecule has 1 aliphatic rings. The number of likely N-dealkylation sites (tertiary alicyclic amines) is 1. The molecule has 1 aliphatic heterocycles. The van der Waals surface area contributed by atoms with Gasteiger partial charge in [-0.1, -0.05) is 12.1 Å². The lowest BCUT2D eigenvalue weighted by Gasteiger charge is -2.15. The average molecular weight is 350 g/mol. The zero-order chi connectivity index (χ0) is 18.5. The van der Waals surface area contributed by atoms with Gasteiger partial charge in [-0.15, -0.1) is 0 Å². The van der Waals surface area contributed by atoms with Gasteiger partial charge >= 0.3 is 5.97 Å². The van der Waals surface area contributed by atoms with E-state index in [0.29, 0.717) is 29.8 Å². The van der Waals surface area contributed by atoms with Gasteiger partial charge in [-0.25, -0.2) is 4.79 Å². The molecule has 0 bridgehead atoms. The second kappa shape index (κ2) is 7.70. The number of carbonyl (C=O) groups excluding carboxylic acids is 2. The Kier molecular flexibility index (Phi) is 5.18. The number of amides is 1. The highest BCUT2D eigenvalue weighted by Gasteiger charge is 2.20. The summed E-state index contributed by atoms with van der Waals surface area (Å²) >= 11 is 0. The fourth-order valence-electron chi connectivity index (χ4n) is 2.82. The van der Waals surface area contributed by atoms with E-state index in [1.54, 1.807) is 18.2 Å². The molecule has 2 aromatic carbocycles. The largest absolute Gasteiger partial charge is 0.493 e. The van der Waals surface area contributed by atoms with Gasteiger partial charge in [0.25, 0.3) is 0 Å². The quantitative estimate of drug-likeness (QED) is 0.612. The van der Waals surface area contributed by atoms with Crippen molar-refractivity contribution in [2.75, 3.05) is 13.7 Å². The van der Waals surface area contributed by atoms with Crippen molar-refractivity contribution in [2.24, 2.45) is 0 Å². The van der Waals surface area contributed by atoms with Gasteiger partial charge in [-0.2, -0.15) is 5.26 Å². The smallest absolute Gasteiger partial charge is 0.343 e. The predicted octanol–water partition coefficient (Wildman–Crippen LogP) is 2.91. The van der Waals surface area contributed by atoms with Crippen LogP contribution < -0.4 is 9.47 Å². The van der Waals surface area contributed by atoms with Crippen LogP contribution >= 0.6 is 0 Å². The van der Waals surface area contributed by atoms with Gasteiger partial charge in [0.2, 0.25) is 5.91 Å². The summed E-state index contributed by atoms with van der Waals surface area (Å²) in [5, 5.41) is 8.91. The summed E-state index contributed by atoms with van der Waals surface area (Å²) in [5.41, 5.74) is 1.78. The maximum absolute atomic E-state index is 12.3. The molecule has 2 aromatic rings. The van der Waals surface area contributed by atoms with Crippen LogP contribution in [0, 0.1) is 11.3 Å². The SMILES string of the molecule is COc1cc(C#N)ccc1OC(=O)c1ccc(CN2CCCC2=O)cc1. The monoisotopic (exact) mass is 350 g/mol. The number of methoxy groups -OCH3 is 1. The third kappa shape index (κ3) is 3.83. The Morgan fingerprint density at radius 3 is 2.58 bits per heavy atom. The van der Waals surface area contributed by atoms with E-state index in [1.807, 2.05) is 23.1 Å². The lowest BCUT2D eigenvalue weighted by Crippen LogP contribution is -2.23. The van der Waals surface area contributed by atoms with E-state index in [4.69, 9.17) is 14.7 Å². The van der Waals surface area contributed by atoms with Crippen molar-refractivity contribution < 1.29 is 19.1 Å². The number of esters is 1. The molecule has 0 unspecified atom stereocenters. The number of benzene rings is 2. The zero-order valence-electron chi connectivity index (χ0n) is 14.4. The average Bonchev–Trinajstić information content (AvgIpc) is 3.07. The Balaban J connectivity index is 1.68. The van der Waals surface area contributed by atoms with Crippen molar-refractivity contribution in [3.05, 3.63) is 59.2 Å². The fourth-order valence-corrected chi connectivity index (χ4v) is 2.82.